The summed E-state index contributed by atoms with van der Waals surface area (Å²) >= 11 is 0. The van der Waals surface area contributed by atoms with E-state index in [0.717, 1.165) is 6.42 Å². The van der Waals surface area contributed by atoms with Gasteiger partial charge < -0.3 is 5.73 Å². The van der Waals surface area contributed by atoms with Crippen LogP contribution in [0.3, 0.4) is 0 Å². The first-order valence-corrected chi connectivity index (χ1v) is 6.38. The van der Waals surface area contributed by atoms with E-state index in [-0.39, 0.29) is 0 Å². The second-order valence-electron chi connectivity index (χ2n) is 3.63. The molecule has 2 N–H and O–H groups in total. The molecule has 0 atom stereocenters. The zero-order valence-electron chi connectivity index (χ0n) is 8.66. The maximum Gasteiger partial charge on any atom is 0.211 e. The van der Waals surface area contributed by atoms with Gasteiger partial charge in [0.15, 0.2) is 0 Å². The van der Waals surface area contributed by atoms with Gasteiger partial charge in [-0.25, -0.2) is 12.7 Å². The van der Waals surface area contributed by atoms with E-state index in [9.17, 15) is 8.42 Å². The molecule has 0 aromatic heterocycles. The fraction of sp³-hybridized carbons (Fsp3) is 1.00. The molecule has 0 radical (unpaired) electrons. The van der Waals surface area contributed by atoms with Crippen molar-refractivity contribution >= 4 is 10.0 Å². The Balaban J connectivity index is 4.12. The number of hydrogen-bond donors (Lipinski definition) is 1. The van der Waals surface area contributed by atoms with Crippen molar-refractivity contribution in [2.24, 2.45) is 11.7 Å². The van der Waals surface area contributed by atoms with Crippen LogP contribution in [0.15, 0.2) is 0 Å². The molecule has 0 aromatic carbocycles. The predicted octanol–water partition coefficient (Wildman–Crippen LogP) is 0.253. The van der Waals surface area contributed by atoms with E-state index in [1.165, 1.54) is 10.6 Å². The first kappa shape index (κ1) is 12.9. The molecular formula is C8H20N2O2S. The molecule has 0 aliphatic carbocycles. The fourth-order valence-corrected chi connectivity index (χ4v) is 1.86. The third kappa shape index (κ3) is 6.01. The summed E-state index contributed by atoms with van der Waals surface area (Å²) < 4.78 is 23.8. The third-order valence-electron chi connectivity index (χ3n) is 1.80. The summed E-state index contributed by atoms with van der Waals surface area (Å²) in [6.07, 6.45) is 2.11. The number of rotatable bonds is 6. The molecule has 0 aliphatic heterocycles. The van der Waals surface area contributed by atoms with Crippen molar-refractivity contribution in [2.45, 2.75) is 20.3 Å². The van der Waals surface area contributed by atoms with Crippen LogP contribution in [0.2, 0.25) is 0 Å². The Labute approximate surface area is 81.2 Å². The Morgan fingerprint density at radius 1 is 1.31 bits per heavy atom. The highest BCUT2D eigenvalue weighted by atomic mass is 32.2. The molecule has 0 bridgehead atoms. The summed E-state index contributed by atoms with van der Waals surface area (Å²) in [5, 5.41) is 0. The Morgan fingerprint density at radius 2 is 1.85 bits per heavy atom. The van der Waals surface area contributed by atoms with Gasteiger partial charge in [0.1, 0.15) is 0 Å². The minimum Gasteiger partial charge on any atom is -0.329 e. The van der Waals surface area contributed by atoms with Crippen molar-refractivity contribution in [2.75, 3.05) is 25.9 Å². The second kappa shape index (κ2) is 5.57. The molecular weight excluding hydrogens is 188 g/mol. The van der Waals surface area contributed by atoms with Gasteiger partial charge in [-0.05, 0) is 12.3 Å². The minimum absolute atomic E-state index is 0.380. The van der Waals surface area contributed by atoms with Gasteiger partial charge in [-0.1, -0.05) is 13.8 Å². The van der Waals surface area contributed by atoms with Crippen LogP contribution in [-0.2, 0) is 10.0 Å². The normalized spacial score (nSPS) is 12.8. The Morgan fingerprint density at radius 3 is 2.15 bits per heavy atom. The van der Waals surface area contributed by atoms with Gasteiger partial charge in [0.25, 0.3) is 0 Å². The van der Waals surface area contributed by atoms with Gasteiger partial charge in [0.2, 0.25) is 10.0 Å². The predicted molar refractivity (Wildman–Crippen MR) is 54.9 cm³/mol. The quantitative estimate of drug-likeness (QED) is 0.680. The Bertz CT molecular complexity index is 224. The first-order chi connectivity index (χ1) is 5.88. The Hall–Kier alpha value is -0.130. The van der Waals surface area contributed by atoms with Crippen LogP contribution in [0.4, 0.5) is 0 Å². The van der Waals surface area contributed by atoms with E-state index in [2.05, 4.69) is 13.8 Å². The van der Waals surface area contributed by atoms with Crippen molar-refractivity contribution < 1.29 is 8.42 Å². The molecule has 0 heterocycles. The van der Waals surface area contributed by atoms with Gasteiger partial charge in [0, 0.05) is 19.6 Å². The number of hydrogen-bond acceptors (Lipinski definition) is 3. The average Bonchev–Trinajstić information content (AvgIpc) is 1.95. The summed E-state index contributed by atoms with van der Waals surface area (Å²) in [6.45, 7) is 5.52. The molecule has 0 saturated carbocycles. The van der Waals surface area contributed by atoms with Crippen molar-refractivity contribution in [3.05, 3.63) is 0 Å². The fourth-order valence-electron chi connectivity index (χ4n) is 0.990. The third-order valence-corrected chi connectivity index (χ3v) is 3.11. The molecule has 0 saturated heterocycles. The highest BCUT2D eigenvalue weighted by molar-refractivity contribution is 7.88. The molecule has 5 heteroatoms. The van der Waals surface area contributed by atoms with Crippen LogP contribution < -0.4 is 5.73 Å². The smallest absolute Gasteiger partial charge is 0.211 e. The van der Waals surface area contributed by atoms with Crippen molar-refractivity contribution in [3.63, 3.8) is 0 Å². The first-order valence-electron chi connectivity index (χ1n) is 4.53. The molecule has 0 rings (SSSR count). The molecule has 80 valence electrons. The van der Waals surface area contributed by atoms with E-state index in [1.807, 2.05) is 0 Å². The molecule has 0 spiro atoms. The molecule has 4 nitrogen and oxygen atoms in total. The van der Waals surface area contributed by atoms with E-state index < -0.39 is 10.0 Å². The van der Waals surface area contributed by atoms with Gasteiger partial charge in [-0.3, -0.25) is 0 Å². The molecule has 0 aliphatic rings. The molecule has 13 heavy (non-hydrogen) atoms. The maximum atomic E-state index is 11.2. The summed E-state index contributed by atoms with van der Waals surface area (Å²) in [6, 6.07) is 0. The zero-order valence-corrected chi connectivity index (χ0v) is 9.47. The van der Waals surface area contributed by atoms with Crippen molar-refractivity contribution in [1.82, 2.24) is 4.31 Å². The monoisotopic (exact) mass is 208 g/mol. The summed E-state index contributed by atoms with van der Waals surface area (Å²) in [5.74, 6) is 0.516. The molecule has 0 amide bonds. The van der Waals surface area contributed by atoms with E-state index in [0.29, 0.717) is 25.6 Å². The lowest BCUT2D eigenvalue weighted by atomic mass is 10.1. The largest absolute Gasteiger partial charge is 0.329 e. The summed E-state index contributed by atoms with van der Waals surface area (Å²) in [5.41, 5.74) is 5.33. The van der Waals surface area contributed by atoms with Crippen LogP contribution in [0.25, 0.3) is 0 Å². The van der Waals surface area contributed by atoms with Gasteiger partial charge >= 0.3 is 0 Å². The molecule has 0 unspecified atom stereocenters. The van der Waals surface area contributed by atoms with Crippen molar-refractivity contribution in [1.29, 1.82) is 0 Å². The maximum absolute atomic E-state index is 11.2. The van der Waals surface area contributed by atoms with Crippen LogP contribution in [0.5, 0.6) is 0 Å². The topological polar surface area (TPSA) is 63.4 Å². The molecule has 0 aromatic rings. The highest BCUT2D eigenvalue weighted by Gasteiger charge is 2.15. The van der Waals surface area contributed by atoms with E-state index in [4.69, 9.17) is 5.73 Å². The van der Waals surface area contributed by atoms with Gasteiger partial charge in [0.05, 0.1) is 6.26 Å². The summed E-state index contributed by atoms with van der Waals surface area (Å²) in [7, 11) is -3.07. The minimum atomic E-state index is -3.07. The lowest BCUT2D eigenvalue weighted by Crippen LogP contribution is -2.35. The average molecular weight is 208 g/mol. The number of sulfonamides is 1. The zero-order chi connectivity index (χ0) is 10.5. The summed E-state index contributed by atoms with van der Waals surface area (Å²) in [4.78, 5) is 0. The van der Waals surface area contributed by atoms with Crippen LogP contribution in [-0.4, -0.2) is 38.6 Å². The van der Waals surface area contributed by atoms with E-state index in [1.54, 1.807) is 0 Å². The number of nitrogens with two attached hydrogens (primary N) is 1. The van der Waals surface area contributed by atoms with Gasteiger partial charge in [-0.15, -0.1) is 0 Å². The Kier molecular flexibility index (Phi) is 5.51. The van der Waals surface area contributed by atoms with Crippen LogP contribution in [0.1, 0.15) is 20.3 Å². The SMILES string of the molecule is CC(C)CCN(CCN)S(C)(=O)=O. The van der Waals surface area contributed by atoms with Crippen molar-refractivity contribution in [3.8, 4) is 0 Å². The lowest BCUT2D eigenvalue weighted by molar-refractivity contribution is 0.389. The second-order valence-corrected chi connectivity index (χ2v) is 5.62. The lowest BCUT2D eigenvalue weighted by Gasteiger charge is -2.19. The molecule has 0 fully saturated rings. The standard InChI is InChI=1S/C8H20N2O2S/c1-8(2)4-6-10(7-5-9)13(3,11)12/h8H,4-7,9H2,1-3H3. The van der Waals surface area contributed by atoms with Crippen LogP contribution >= 0.6 is 0 Å². The van der Waals surface area contributed by atoms with Crippen LogP contribution in [0, 0.1) is 5.92 Å². The highest BCUT2D eigenvalue weighted by Crippen LogP contribution is 2.04. The number of nitrogens with zero attached hydrogens (tertiary/aromatic N) is 1. The van der Waals surface area contributed by atoms with Gasteiger partial charge in [-0.2, -0.15) is 0 Å². The van der Waals surface area contributed by atoms with E-state index >= 15 is 0 Å².